The van der Waals surface area contributed by atoms with E-state index in [-0.39, 0.29) is 5.78 Å². The number of Topliss-reactive ketones (excluding diaryl/α,β-unsaturated/α-hetero) is 1. The molecule has 15 heavy (non-hydrogen) atoms. The Morgan fingerprint density at radius 3 is 2.67 bits per heavy atom. The Morgan fingerprint density at radius 2 is 2.20 bits per heavy atom. The number of methoxy groups -OCH3 is 1. The van der Waals surface area contributed by atoms with E-state index in [0.29, 0.717) is 5.69 Å². The van der Waals surface area contributed by atoms with Gasteiger partial charge in [-0.15, -0.1) is 11.3 Å². The Kier molecular flexibility index (Phi) is 2.89. The summed E-state index contributed by atoms with van der Waals surface area (Å²) >= 11 is 1.51. The highest BCUT2D eigenvalue weighted by atomic mass is 32.1. The zero-order valence-corrected chi connectivity index (χ0v) is 9.89. The summed E-state index contributed by atoms with van der Waals surface area (Å²) in [7, 11) is 1.63. The van der Waals surface area contributed by atoms with Crippen molar-refractivity contribution in [3.8, 4) is 0 Å². The normalized spacial score (nSPS) is 19.3. The van der Waals surface area contributed by atoms with Gasteiger partial charge in [0.2, 0.25) is 5.78 Å². The molecule has 3 nitrogen and oxygen atoms in total. The molecule has 0 amide bonds. The van der Waals surface area contributed by atoms with Gasteiger partial charge in [0.25, 0.3) is 0 Å². The molecule has 0 bridgehead atoms. The first-order chi connectivity index (χ1) is 7.18. The zero-order chi connectivity index (χ0) is 10.9. The molecule has 1 aliphatic rings. The van der Waals surface area contributed by atoms with E-state index in [1.54, 1.807) is 7.11 Å². The lowest BCUT2D eigenvalue weighted by Crippen LogP contribution is -2.37. The van der Waals surface area contributed by atoms with E-state index in [4.69, 9.17) is 4.74 Å². The van der Waals surface area contributed by atoms with Crippen molar-refractivity contribution in [2.45, 2.75) is 38.2 Å². The summed E-state index contributed by atoms with van der Waals surface area (Å²) in [6, 6.07) is 0. The minimum absolute atomic E-state index is 0.0619. The van der Waals surface area contributed by atoms with Crippen LogP contribution in [-0.4, -0.2) is 23.5 Å². The molecular formula is C11H15NO2S. The van der Waals surface area contributed by atoms with Crippen LogP contribution in [0.4, 0.5) is 0 Å². The predicted molar refractivity (Wildman–Crippen MR) is 59.4 cm³/mol. The Hall–Kier alpha value is -0.740. The van der Waals surface area contributed by atoms with Gasteiger partial charge in [-0.3, -0.25) is 4.79 Å². The van der Waals surface area contributed by atoms with Crippen molar-refractivity contribution in [2.75, 3.05) is 7.11 Å². The van der Waals surface area contributed by atoms with Gasteiger partial charge in [-0.25, -0.2) is 4.98 Å². The lowest BCUT2D eigenvalue weighted by atomic mass is 9.94. The molecule has 0 radical (unpaired) electrons. The summed E-state index contributed by atoms with van der Waals surface area (Å²) in [5.41, 5.74) is -0.0122. The fourth-order valence-corrected chi connectivity index (χ4v) is 2.76. The van der Waals surface area contributed by atoms with Crippen LogP contribution in [0, 0.1) is 6.92 Å². The Labute approximate surface area is 93.5 Å². The van der Waals surface area contributed by atoms with Gasteiger partial charge in [-0.05, 0) is 32.6 Å². The smallest absolute Gasteiger partial charge is 0.213 e. The summed E-state index contributed by atoms with van der Waals surface area (Å²) in [4.78, 5) is 16.5. The largest absolute Gasteiger partial charge is 0.370 e. The molecule has 1 saturated carbocycles. The number of ether oxygens (including phenoxy) is 1. The van der Waals surface area contributed by atoms with Crippen LogP contribution in [-0.2, 0) is 4.74 Å². The highest BCUT2D eigenvalue weighted by Gasteiger charge is 2.42. The minimum atomic E-state index is -0.583. The van der Waals surface area contributed by atoms with Crippen molar-refractivity contribution < 1.29 is 9.53 Å². The third-order valence-electron chi connectivity index (χ3n) is 3.07. The maximum atomic E-state index is 12.2. The second-order valence-corrected chi connectivity index (χ2v) is 5.05. The molecule has 2 rings (SSSR count). The van der Waals surface area contributed by atoms with Crippen LogP contribution in [0.5, 0.6) is 0 Å². The number of aromatic nitrogens is 1. The molecule has 82 valence electrons. The number of aryl methyl sites for hydroxylation is 1. The molecule has 1 aromatic rings. The van der Waals surface area contributed by atoms with Crippen molar-refractivity contribution >= 4 is 17.1 Å². The summed E-state index contributed by atoms with van der Waals surface area (Å²) in [5.74, 6) is 0.0619. The van der Waals surface area contributed by atoms with E-state index in [2.05, 4.69) is 4.98 Å². The van der Waals surface area contributed by atoms with E-state index in [1.807, 2.05) is 12.3 Å². The number of thiazole rings is 1. The number of carbonyl (C=O) groups is 1. The lowest BCUT2D eigenvalue weighted by Gasteiger charge is -2.24. The second-order valence-electron chi connectivity index (χ2n) is 3.99. The van der Waals surface area contributed by atoms with Crippen LogP contribution in [0.1, 0.15) is 41.2 Å². The quantitative estimate of drug-likeness (QED) is 0.742. The molecule has 1 aromatic heterocycles. The molecule has 4 heteroatoms. The van der Waals surface area contributed by atoms with E-state index in [0.717, 1.165) is 30.7 Å². The van der Waals surface area contributed by atoms with Gasteiger partial charge in [0.05, 0.1) is 5.01 Å². The number of carbonyl (C=O) groups excluding carboxylic acids is 1. The monoisotopic (exact) mass is 225 g/mol. The van der Waals surface area contributed by atoms with Gasteiger partial charge < -0.3 is 4.74 Å². The number of nitrogens with zero attached hydrogens (tertiary/aromatic N) is 1. The topological polar surface area (TPSA) is 39.2 Å². The third kappa shape index (κ3) is 1.84. The van der Waals surface area contributed by atoms with Crippen LogP contribution in [0.3, 0.4) is 0 Å². The Bertz CT molecular complexity index is 366. The van der Waals surface area contributed by atoms with Crippen molar-refractivity contribution in [2.24, 2.45) is 0 Å². The van der Waals surface area contributed by atoms with Gasteiger partial charge in [0.1, 0.15) is 11.3 Å². The first-order valence-electron chi connectivity index (χ1n) is 5.20. The molecule has 1 heterocycles. The van der Waals surface area contributed by atoms with Gasteiger partial charge >= 0.3 is 0 Å². The first kappa shape index (κ1) is 10.8. The first-order valence-corrected chi connectivity index (χ1v) is 6.08. The molecular weight excluding hydrogens is 210 g/mol. The molecule has 0 atom stereocenters. The van der Waals surface area contributed by atoms with Crippen molar-refractivity contribution in [3.63, 3.8) is 0 Å². The zero-order valence-electron chi connectivity index (χ0n) is 9.08. The van der Waals surface area contributed by atoms with Gasteiger partial charge in [0.15, 0.2) is 0 Å². The third-order valence-corrected chi connectivity index (χ3v) is 3.84. The van der Waals surface area contributed by atoms with Crippen molar-refractivity contribution in [1.29, 1.82) is 0 Å². The minimum Gasteiger partial charge on any atom is -0.370 e. The van der Waals surface area contributed by atoms with Crippen LogP contribution in [0.2, 0.25) is 0 Å². The summed E-state index contributed by atoms with van der Waals surface area (Å²) in [6.07, 6.45) is 3.81. The number of hydrogen-bond acceptors (Lipinski definition) is 4. The molecule has 1 aliphatic carbocycles. The average Bonchev–Trinajstić information content (AvgIpc) is 2.86. The number of hydrogen-bond donors (Lipinski definition) is 0. The number of rotatable bonds is 3. The lowest BCUT2D eigenvalue weighted by molar-refractivity contribution is 0.00564. The van der Waals surface area contributed by atoms with Gasteiger partial charge in [-0.1, -0.05) is 0 Å². The van der Waals surface area contributed by atoms with E-state index >= 15 is 0 Å². The number of ketones is 1. The van der Waals surface area contributed by atoms with E-state index < -0.39 is 5.60 Å². The van der Waals surface area contributed by atoms with E-state index in [1.165, 1.54) is 11.3 Å². The van der Waals surface area contributed by atoms with Gasteiger partial charge in [0, 0.05) is 12.5 Å². The molecule has 1 fully saturated rings. The highest BCUT2D eigenvalue weighted by Crippen LogP contribution is 2.35. The maximum absolute atomic E-state index is 12.2. The molecule has 0 unspecified atom stereocenters. The van der Waals surface area contributed by atoms with Gasteiger partial charge in [-0.2, -0.15) is 0 Å². The maximum Gasteiger partial charge on any atom is 0.213 e. The van der Waals surface area contributed by atoms with Crippen molar-refractivity contribution in [3.05, 3.63) is 16.1 Å². The molecule has 0 spiro atoms. The molecule has 0 N–H and O–H groups in total. The predicted octanol–water partition coefficient (Wildman–Crippen LogP) is 2.59. The Morgan fingerprint density at radius 1 is 1.53 bits per heavy atom. The second kappa shape index (κ2) is 4.02. The summed E-state index contributed by atoms with van der Waals surface area (Å²) in [5, 5.41) is 2.76. The van der Waals surface area contributed by atoms with Crippen LogP contribution >= 0.6 is 11.3 Å². The van der Waals surface area contributed by atoms with Crippen LogP contribution in [0.25, 0.3) is 0 Å². The molecule has 0 aliphatic heterocycles. The fraction of sp³-hybridized carbons (Fsp3) is 0.636. The SMILES string of the molecule is COC1(C(=O)c2csc(C)n2)CCCC1. The Balaban J connectivity index is 2.26. The summed E-state index contributed by atoms with van der Waals surface area (Å²) in [6.45, 7) is 1.91. The molecule has 0 saturated heterocycles. The fourth-order valence-electron chi connectivity index (χ4n) is 2.17. The van der Waals surface area contributed by atoms with Crippen LogP contribution in [0.15, 0.2) is 5.38 Å². The average molecular weight is 225 g/mol. The van der Waals surface area contributed by atoms with Crippen LogP contribution < -0.4 is 0 Å². The standard InChI is InChI=1S/C11H15NO2S/c1-8-12-9(7-15-8)10(13)11(14-2)5-3-4-6-11/h7H,3-6H2,1-2H3. The van der Waals surface area contributed by atoms with Crippen molar-refractivity contribution in [1.82, 2.24) is 4.98 Å². The summed E-state index contributed by atoms with van der Waals surface area (Å²) < 4.78 is 5.44. The molecule has 0 aromatic carbocycles. The van der Waals surface area contributed by atoms with E-state index in [9.17, 15) is 4.79 Å². The highest BCUT2D eigenvalue weighted by molar-refractivity contribution is 7.09.